The first-order valence-electron chi connectivity index (χ1n) is 2.27. The van der Waals surface area contributed by atoms with Crippen LogP contribution in [0.1, 0.15) is 0 Å². The summed E-state index contributed by atoms with van der Waals surface area (Å²) in [5.41, 5.74) is 7.87. The third-order valence-electron chi connectivity index (χ3n) is 0.801. The Kier molecular flexibility index (Phi) is 1.40. The molecule has 0 aliphatic carbocycles. The SMILES string of the molecule is [N]=Nc1ccc(=O)oc1. The minimum Gasteiger partial charge on any atom is -0.429 e. The zero-order chi connectivity index (χ0) is 6.69. The summed E-state index contributed by atoms with van der Waals surface area (Å²) < 4.78 is 4.34. The molecule has 1 radical (unpaired) electrons. The Labute approximate surface area is 50.6 Å². The van der Waals surface area contributed by atoms with Gasteiger partial charge in [-0.2, -0.15) is 0 Å². The summed E-state index contributed by atoms with van der Waals surface area (Å²) in [7, 11) is 0. The lowest BCUT2D eigenvalue weighted by Gasteiger charge is -1.81. The van der Waals surface area contributed by atoms with Crippen LogP contribution in [0.3, 0.4) is 0 Å². The maximum atomic E-state index is 10.2. The van der Waals surface area contributed by atoms with E-state index in [1.807, 2.05) is 0 Å². The summed E-state index contributed by atoms with van der Waals surface area (Å²) in [4.78, 5) is 10.2. The van der Waals surface area contributed by atoms with E-state index in [0.717, 1.165) is 6.26 Å². The molecule has 0 amide bonds. The Bertz CT molecular complexity index is 245. The van der Waals surface area contributed by atoms with E-state index in [2.05, 4.69) is 9.53 Å². The molecule has 1 heterocycles. The van der Waals surface area contributed by atoms with Gasteiger partial charge in [0, 0.05) is 6.07 Å². The van der Waals surface area contributed by atoms with Gasteiger partial charge in [0.2, 0.25) is 0 Å². The van der Waals surface area contributed by atoms with E-state index >= 15 is 0 Å². The van der Waals surface area contributed by atoms with E-state index in [1.165, 1.54) is 12.1 Å². The van der Waals surface area contributed by atoms with Crippen molar-refractivity contribution in [3.05, 3.63) is 28.8 Å². The van der Waals surface area contributed by atoms with Crippen LogP contribution in [-0.4, -0.2) is 0 Å². The summed E-state index contributed by atoms with van der Waals surface area (Å²) in [5.74, 6) is 0. The lowest BCUT2D eigenvalue weighted by atomic mass is 10.5. The molecule has 1 rings (SSSR count). The fraction of sp³-hybridized carbons (Fsp3) is 0. The number of nitrogens with zero attached hydrogens (tertiary/aromatic N) is 2. The second kappa shape index (κ2) is 2.21. The second-order valence-electron chi connectivity index (χ2n) is 1.41. The van der Waals surface area contributed by atoms with E-state index < -0.39 is 5.63 Å². The number of hydrogen-bond donors (Lipinski definition) is 0. The van der Waals surface area contributed by atoms with Crippen molar-refractivity contribution in [1.29, 1.82) is 0 Å². The first kappa shape index (κ1) is 5.68. The van der Waals surface area contributed by atoms with E-state index in [0.29, 0.717) is 0 Å². The van der Waals surface area contributed by atoms with Gasteiger partial charge in [0.15, 0.2) is 0 Å². The molecule has 0 fully saturated rings. The zero-order valence-corrected chi connectivity index (χ0v) is 4.44. The number of rotatable bonds is 1. The molecule has 4 nitrogen and oxygen atoms in total. The van der Waals surface area contributed by atoms with Gasteiger partial charge >= 0.3 is 5.63 Å². The van der Waals surface area contributed by atoms with Crippen LogP contribution in [0.25, 0.3) is 0 Å². The highest BCUT2D eigenvalue weighted by atomic mass is 16.4. The smallest absolute Gasteiger partial charge is 0.335 e. The molecule has 0 bridgehead atoms. The van der Waals surface area contributed by atoms with Gasteiger partial charge < -0.3 is 4.42 Å². The van der Waals surface area contributed by atoms with Gasteiger partial charge in [0.1, 0.15) is 12.0 Å². The molecule has 0 unspecified atom stereocenters. The predicted molar refractivity (Wildman–Crippen MR) is 29.2 cm³/mol. The Morgan fingerprint density at radius 1 is 1.56 bits per heavy atom. The van der Waals surface area contributed by atoms with Gasteiger partial charge in [0.25, 0.3) is 0 Å². The molecule has 0 aliphatic rings. The lowest BCUT2D eigenvalue weighted by molar-refractivity contribution is 0.511. The van der Waals surface area contributed by atoms with Crippen molar-refractivity contribution in [2.75, 3.05) is 0 Å². The van der Waals surface area contributed by atoms with Crippen molar-refractivity contribution in [3.63, 3.8) is 0 Å². The molecular weight excluding hydrogens is 120 g/mol. The van der Waals surface area contributed by atoms with Gasteiger partial charge in [-0.1, -0.05) is 0 Å². The summed E-state index contributed by atoms with van der Waals surface area (Å²) >= 11 is 0. The molecule has 0 spiro atoms. The largest absolute Gasteiger partial charge is 0.429 e. The van der Waals surface area contributed by atoms with Crippen molar-refractivity contribution in [1.82, 2.24) is 5.53 Å². The summed E-state index contributed by atoms with van der Waals surface area (Å²) in [6.07, 6.45) is 1.07. The normalized spacial score (nSPS) is 8.89. The molecule has 0 aromatic carbocycles. The van der Waals surface area contributed by atoms with Gasteiger partial charge in [0.05, 0.1) is 0 Å². The average Bonchev–Trinajstić information content (AvgIpc) is 1.90. The summed E-state index contributed by atoms with van der Waals surface area (Å²) in [6, 6.07) is 2.53. The Hall–Kier alpha value is -1.45. The summed E-state index contributed by atoms with van der Waals surface area (Å²) in [5, 5.41) is 2.78. The molecule has 0 saturated carbocycles. The average molecular weight is 123 g/mol. The van der Waals surface area contributed by atoms with Crippen molar-refractivity contribution in [2.45, 2.75) is 0 Å². The van der Waals surface area contributed by atoms with Gasteiger partial charge in [-0.05, 0) is 11.6 Å². The topological polar surface area (TPSA) is 64.9 Å². The van der Waals surface area contributed by atoms with E-state index in [-0.39, 0.29) is 5.69 Å². The second-order valence-corrected chi connectivity index (χ2v) is 1.41. The van der Waals surface area contributed by atoms with Crippen molar-refractivity contribution >= 4 is 5.69 Å². The van der Waals surface area contributed by atoms with Crippen LogP contribution >= 0.6 is 0 Å². The molecule has 0 atom stereocenters. The van der Waals surface area contributed by atoms with Gasteiger partial charge in [-0.15, -0.1) is 5.11 Å². The van der Waals surface area contributed by atoms with Crippen molar-refractivity contribution in [2.24, 2.45) is 5.11 Å². The Balaban J connectivity index is 3.16. The lowest BCUT2D eigenvalue weighted by Crippen LogP contribution is -1.91. The zero-order valence-electron chi connectivity index (χ0n) is 4.44. The first-order chi connectivity index (χ1) is 4.33. The van der Waals surface area contributed by atoms with Crippen LogP contribution in [0.5, 0.6) is 0 Å². The van der Waals surface area contributed by atoms with E-state index in [9.17, 15) is 4.79 Å². The molecular formula is C5H3N2O2. The molecule has 0 N–H and O–H groups in total. The molecule has 1 aromatic rings. The predicted octanol–water partition coefficient (Wildman–Crippen LogP) is 0.524. The van der Waals surface area contributed by atoms with Crippen LogP contribution in [-0.2, 0) is 0 Å². The molecule has 9 heavy (non-hydrogen) atoms. The highest BCUT2D eigenvalue weighted by molar-refractivity contribution is 5.28. The highest BCUT2D eigenvalue weighted by Gasteiger charge is 1.87. The van der Waals surface area contributed by atoms with Gasteiger partial charge in [-0.3, -0.25) is 0 Å². The quantitative estimate of drug-likeness (QED) is 0.511. The standard InChI is InChI=1S/C5H3N2O2/c6-7-4-1-2-5(8)9-3-4/h1-3H. The minimum atomic E-state index is -0.456. The van der Waals surface area contributed by atoms with Crippen LogP contribution < -0.4 is 11.2 Å². The van der Waals surface area contributed by atoms with Crippen molar-refractivity contribution in [3.8, 4) is 0 Å². The van der Waals surface area contributed by atoms with Gasteiger partial charge in [-0.25, -0.2) is 4.79 Å². The minimum absolute atomic E-state index is 0.231. The third kappa shape index (κ3) is 1.22. The number of hydrogen-bond acceptors (Lipinski definition) is 3. The third-order valence-corrected chi connectivity index (χ3v) is 0.801. The molecule has 45 valence electrons. The maximum Gasteiger partial charge on any atom is 0.335 e. The summed E-state index contributed by atoms with van der Waals surface area (Å²) in [6.45, 7) is 0. The van der Waals surface area contributed by atoms with E-state index in [4.69, 9.17) is 5.53 Å². The fourth-order valence-electron chi connectivity index (χ4n) is 0.407. The van der Waals surface area contributed by atoms with Crippen LogP contribution in [0.15, 0.2) is 32.7 Å². The van der Waals surface area contributed by atoms with Crippen LogP contribution in [0.4, 0.5) is 5.69 Å². The van der Waals surface area contributed by atoms with Crippen LogP contribution in [0, 0.1) is 0 Å². The molecule has 1 aromatic heterocycles. The van der Waals surface area contributed by atoms with E-state index in [1.54, 1.807) is 0 Å². The molecule has 0 aliphatic heterocycles. The van der Waals surface area contributed by atoms with Crippen molar-refractivity contribution < 1.29 is 4.42 Å². The monoisotopic (exact) mass is 123 g/mol. The maximum absolute atomic E-state index is 10.2. The van der Waals surface area contributed by atoms with Crippen LogP contribution in [0.2, 0.25) is 0 Å². The molecule has 4 heteroatoms. The fourth-order valence-corrected chi connectivity index (χ4v) is 0.407. The molecule has 0 saturated heterocycles. The first-order valence-corrected chi connectivity index (χ1v) is 2.27. The highest BCUT2D eigenvalue weighted by Crippen LogP contribution is 2.04. The Morgan fingerprint density at radius 3 is 2.78 bits per heavy atom. The Morgan fingerprint density at radius 2 is 2.33 bits per heavy atom.